The van der Waals surface area contributed by atoms with Crippen LogP contribution in [-0.4, -0.2) is 4.98 Å². The molecule has 0 amide bonds. The van der Waals surface area contributed by atoms with E-state index in [0.29, 0.717) is 5.69 Å². The van der Waals surface area contributed by atoms with Crippen LogP contribution in [0.5, 0.6) is 0 Å². The molecule has 1 aromatic heterocycles. The third kappa shape index (κ3) is 3.47. The van der Waals surface area contributed by atoms with Gasteiger partial charge in [-0.25, -0.2) is 4.98 Å². The van der Waals surface area contributed by atoms with Crippen LogP contribution in [0.4, 0.5) is 24.5 Å². The lowest BCUT2D eigenvalue weighted by atomic mass is 10.1. The van der Waals surface area contributed by atoms with Gasteiger partial charge in [-0.1, -0.05) is 0 Å². The third-order valence-corrected chi connectivity index (χ3v) is 4.34. The highest BCUT2D eigenvalue weighted by molar-refractivity contribution is 7.11. The summed E-state index contributed by atoms with van der Waals surface area (Å²) in [6.07, 6.45) is -4.39. The molecule has 0 fully saturated rings. The molecule has 0 bridgehead atoms. The number of nitrogens with zero attached hydrogens (tertiary/aromatic N) is 1. The number of aryl methyl sites for hydroxylation is 2. The number of nitrogens with two attached hydrogens (primary N) is 1. The Labute approximate surface area is 125 Å². The van der Waals surface area contributed by atoms with Crippen LogP contribution in [0, 0.1) is 13.8 Å². The van der Waals surface area contributed by atoms with Crippen molar-refractivity contribution in [3.63, 3.8) is 0 Å². The van der Waals surface area contributed by atoms with E-state index < -0.39 is 11.7 Å². The fourth-order valence-electron chi connectivity index (χ4n) is 2.12. The number of benzene rings is 1. The summed E-state index contributed by atoms with van der Waals surface area (Å²) in [5.41, 5.74) is 6.45. The molecule has 1 unspecified atom stereocenters. The molecule has 0 aliphatic rings. The number of aromatic nitrogens is 1. The molecule has 0 saturated carbocycles. The molecule has 1 aromatic carbocycles. The van der Waals surface area contributed by atoms with Crippen molar-refractivity contribution >= 4 is 22.7 Å². The summed E-state index contributed by atoms with van der Waals surface area (Å²) in [5.74, 6) is 0. The van der Waals surface area contributed by atoms with Gasteiger partial charge in [-0.15, -0.1) is 11.3 Å². The van der Waals surface area contributed by atoms with Crippen molar-refractivity contribution < 1.29 is 13.2 Å². The van der Waals surface area contributed by atoms with Crippen LogP contribution in [0.3, 0.4) is 0 Å². The van der Waals surface area contributed by atoms with Gasteiger partial charge in [0.05, 0.1) is 33.7 Å². The number of rotatable bonds is 3. The second kappa shape index (κ2) is 5.55. The normalized spacial score (nSPS) is 13.2. The van der Waals surface area contributed by atoms with E-state index in [1.807, 2.05) is 20.8 Å². The molecule has 0 aliphatic heterocycles. The molecule has 2 aromatic rings. The second-order valence-electron chi connectivity index (χ2n) is 4.85. The molecule has 0 spiro atoms. The van der Waals surface area contributed by atoms with E-state index in [0.717, 1.165) is 27.7 Å². The topological polar surface area (TPSA) is 50.9 Å². The van der Waals surface area contributed by atoms with Crippen molar-refractivity contribution in [1.82, 2.24) is 4.98 Å². The second-order valence-corrected chi connectivity index (χ2v) is 6.08. The highest BCUT2D eigenvalue weighted by Crippen LogP contribution is 2.34. The van der Waals surface area contributed by atoms with Gasteiger partial charge in [0.2, 0.25) is 0 Å². The SMILES string of the molecule is Cc1nc(C)c(C(C)Nc2ccc(C(F)(F)F)cc2N)s1. The van der Waals surface area contributed by atoms with Crippen LogP contribution in [0.1, 0.15) is 34.1 Å². The van der Waals surface area contributed by atoms with E-state index in [2.05, 4.69) is 10.3 Å². The van der Waals surface area contributed by atoms with E-state index in [4.69, 9.17) is 5.73 Å². The Morgan fingerprint density at radius 3 is 2.43 bits per heavy atom. The maximum atomic E-state index is 12.6. The zero-order valence-corrected chi connectivity index (χ0v) is 12.7. The number of thiazole rings is 1. The molecule has 3 nitrogen and oxygen atoms in total. The average Bonchev–Trinajstić information content (AvgIpc) is 2.69. The summed E-state index contributed by atoms with van der Waals surface area (Å²) in [4.78, 5) is 5.39. The molecule has 3 N–H and O–H groups in total. The Balaban J connectivity index is 2.22. The van der Waals surface area contributed by atoms with E-state index in [1.54, 1.807) is 11.3 Å². The van der Waals surface area contributed by atoms with Crippen molar-refractivity contribution in [1.29, 1.82) is 0 Å². The Bertz CT molecular complexity index is 649. The van der Waals surface area contributed by atoms with Crippen molar-refractivity contribution in [3.8, 4) is 0 Å². The summed E-state index contributed by atoms with van der Waals surface area (Å²) >= 11 is 1.56. The zero-order chi connectivity index (χ0) is 15.8. The molecule has 7 heteroatoms. The lowest BCUT2D eigenvalue weighted by Crippen LogP contribution is -2.10. The molecular weight excluding hydrogens is 299 g/mol. The molecule has 21 heavy (non-hydrogen) atoms. The number of nitrogens with one attached hydrogen (secondary N) is 1. The molecule has 0 saturated heterocycles. The monoisotopic (exact) mass is 315 g/mol. The molecular formula is C14H16F3N3S. The number of nitrogen functional groups attached to an aromatic ring is 1. The summed E-state index contributed by atoms with van der Waals surface area (Å²) in [6, 6.07) is 3.25. The smallest absolute Gasteiger partial charge is 0.397 e. The average molecular weight is 315 g/mol. The Hall–Kier alpha value is -1.76. The van der Waals surface area contributed by atoms with Crippen LogP contribution in [0.25, 0.3) is 0 Å². The number of hydrogen-bond acceptors (Lipinski definition) is 4. The molecule has 0 radical (unpaired) electrons. The summed E-state index contributed by atoms with van der Waals surface area (Å²) < 4.78 is 37.8. The molecule has 114 valence electrons. The van der Waals surface area contributed by atoms with Crippen LogP contribution < -0.4 is 11.1 Å². The van der Waals surface area contributed by atoms with E-state index in [1.165, 1.54) is 6.07 Å². The van der Waals surface area contributed by atoms with Crippen molar-refractivity contribution in [3.05, 3.63) is 39.3 Å². The fourth-order valence-corrected chi connectivity index (χ4v) is 3.05. The standard InChI is InChI=1S/C14H16F3N3S/c1-7-13(21-9(3)19-7)8(2)20-12-5-4-10(6-11(12)18)14(15,16)17/h4-6,8,20H,18H2,1-3H3. The van der Waals surface area contributed by atoms with Crippen LogP contribution in [0.15, 0.2) is 18.2 Å². The van der Waals surface area contributed by atoms with Gasteiger partial charge < -0.3 is 11.1 Å². The third-order valence-electron chi connectivity index (χ3n) is 3.08. The van der Waals surface area contributed by atoms with Gasteiger partial charge in [0, 0.05) is 4.88 Å². The number of hydrogen-bond donors (Lipinski definition) is 2. The minimum Gasteiger partial charge on any atom is -0.397 e. The van der Waals surface area contributed by atoms with Crippen LogP contribution in [-0.2, 0) is 6.18 Å². The first-order valence-corrected chi connectivity index (χ1v) is 7.17. The first-order valence-electron chi connectivity index (χ1n) is 6.35. The van der Waals surface area contributed by atoms with Crippen LogP contribution >= 0.6 is 11.3 Å². The highest BCUT2D eigenvalue weighted by atomic mass is 32.1. The molecule has 0 aliphatic carbocycles. The maximum Gasteiger partial charge on any atom is 0.416 e. The quantitative estimate of drug-likeness (QED) is 0.818. The van der Waals surface area contributed by atoms with Gasteiger partial charge in [-0.05, 0) is 39.0 Å². The minimum atomic E-state index is -4.39. The minimum absolute atomic E-state index is 0.0739. The van der Waals surface area contributed by atoms with Gasteiger partial charge >= 0.3 is 6.18 Å². The predicted octanol–water partition coefficient (Wildman–Crippen LogP) is 4.53. The van der Waals surface area contributed by atoms with Gasteiger partial charge in [0.25, 0.3) is 0 Å². The Kier molecular flexibility index (Phi) is 4.13. The van der Waals surface area contributed by atoms with Crippen molar-refractivity contribution in [2.24, 2.45) is 0 Å². The van der Waals surface area contributed by atoms with Crippen molar-refractivity contribution in [2.45, 2.75) is 33.0 Å². The molecule has 1 atom stereocenters. The lowest BCUT2D eigenvalue weighted by molar-refractivity contribution is -0.137. The number of alkyl halides is 3. The molecule has 2 rings (SSSR count). The first-order chi connectivity index (χ1) is 9.68. The van der Waals surface area contributed by atoms with Crippen LogP contribution in [0.2, 0.25) is 0 Å². The van der Waals surface area contributed by atoms with E-state index in [9.17, 15) is 13.2 Å². The highest BCUT2D eigenvalue weighted by Gasteiger charge is 2.30. The first kappa shape index (κ1) is 15.6. The molecule has 1 heterocycles. The van der Waals surface area contributed by atoms with Gasteiger partial charge in [-0.3, -0.25) is 0 Å². The Morgan fingerprint density at radius 2 is 1.95 bits per heavy atom. The van der Waals surface area contributed by atoms with Gasteiger partial charge in [0.15, 0.2) is 0 Å². The van der Waals surface area contributed by atoms with E-state index in [-0.39, 0.29) is 11.7 Å². The number of anilines is 2. The maximum absolute atomic E-state index is 12.6. The summed E-state index contributed by atoms with van der Waals surface area (Å²) in [6.45, 7) is 5.75. The van der Waals surface area contributed by atoms with Gasteiger partial charge in [0.1, 0.15) is 0 Å². The summed E-state index contributed by atoms with van der Waals surface area (Å²) in [5, 5.41) is 4.09. The fraction of sp³-hybridized carbons (Fsp3) is 0.357. The Morgan fingerprint density at radius 1 is 1.29 bits per heavy atom. The summed E-state index contributed by atoms with van der Waals surface area (Å²) in [7, 11) is 0. The van der Waals surface area contributed by atoms with Crippen molar-refractivity contribution in [2.75, 3.05) is 11.1 Å². The van der Waals surface area contributed by atoms with Gasteiger partial charge in [-0.2, -0.15) is 13.2 Å². The number of halogens is 3. The lowest BCUT2D eigenvalue weighted by Gasteiger charge is -2.17. The zero-order valence-electron chi connectivity index (χ0n) is 11.9. The largest absolute Gasteiger partial charge is 0.416 e. The predicted molar refractivity (Wildman–Crippen MR) is 79.5 cm³/mol. The van der Waals surface area contributed by atoms with E-state index >= 15 is 0 Å².